The van der Waals surface area contributed by atoms with E-state index in [-0.39, 0.29) is 11.1 Å². The number of benzene rings is 1. The molecular formula is C14H17ClF3NO2S. The second-order valence-corrected chi connectivity index (χ2v) is 7.84. The third kappa shape index (κ3) is 4.14. The van der Waals surface area contributed by atoms with Crippen molar-refractivity contribution in [1.29, 1.82) is 0 Å². The average Bonchev–Trinajstić information content (AvgIpc) is 2.40. The van der Waals surface area contributed by atoms with Gasteiger partial charge in [-0.05, 0) is 49.8 Å². The van der Waals surface area contributed by atoms with Crippen LogP contribution in [0.1, 0.15) is 38.2 Å². The van der Waals surface area contributed by atoms with Crippen molar-refractivity contribution in [3.8, 4) is 0 Å². The lowest BCUT2D eigenvalue weighted by molar-refractivity contribution is -0.139. The predicted octanol–water partition coefficient (Wildman–Crippen LogP) is 4.22. The molecule has 0 unspecified atom stereocenters. The number of halogens is 4. The molecule has 1 aliphatic rings. The topological polar surface area (TPSA) is 46.2 Å². The summed E-state index contributed by atoms with van der Waals surface area (Å²) in [5.41, 5.74) is -1.24. The van der Waals surface area contributed by atoms with Crippen LogP contribution in [0.25, 0.3) is 0 Å². The van der Waals surface area contributed by atoms with Crippen LogP contribution in [0, 0.1) is 5.92 Å². The molecule has 0 aromatic heterocycles. The summed E-state index contributed by atoms with van der Waals surface area (Å²) in [4.78, 5) is -0.775. The fourth-order valence-electron chi connectivity index (χ4n) is 2.62. The van der Waals surface area contributed by atoms with Gasteiger partial charge in [0.2, 0.25) is 10.0 Å². The van der Waals surface area contributed by atoms with Crippen LogP contribution in [-0.2, 0) is 16.2 Å². The summed E-state index contributed by atoms with van der Waals surface area (Å²) in [5.74, 6) is 0.516. The summed E-state index contributed by atoms with van der Waals surface area (Å²) in [6, 6.07) is 2.37. The molecule has 22 heavy (non-hydrogen) atoms. The Morgan fingerprint density at radius 3 is 2.32 bits per heavy atom. The first kappa shape index (κ1) is 17.6. The third-order valence-corrected chi connectivity index (χ3v) is 5.69. The molecule has 0 saturated heterocycles. The molecule has 0 atom stereocenters. The monoisotopic (exact) mass is 355 g/mol. The Labute approximate surface area is 132 Å². The van der Waals surface area contributed by atoms with Gasteiger partial charge in [-0.2, -0.15) is 13.2 Å². The van der Waals surface area contributed by atoms with Gasteiger partial charge in [-0.3, -0.25) is 0 Å². The summed E-state index contributed by atoms with van der Waals surface area (Å²) in [7, 11) is -4.24. The minimum atomic E-state index is -4.78. The maximum atomic E-state index is 13.0. The highest BCUT2D eigenvalue weighted by atomic mass is 35.5. The van der Waals surface area contributed by atoms with Crippen LogP contribution in [0.2, 0.25) is 5.02 Å². The first-order valence-corrected chi connectivity index (χ1v) is 8.85. The minimum absolute atomic E-state index is 0.155. The molecule has 1 N–H and O–H groups in total. The van der Waals surface area contributed by atoms with Crippen molar-refractivity contribution >= 4 is 21.6 Å². The Bertz CT molecular complexity index is 638. The molecule has 1 aliphatic carbocycles. The molecular weight excluding hydrogens is 339 g/mol. The van der Waals surface area contributed by atoms with E-state index in [0.717, 1.165) is 25.0 Å². The zero-order chi connectivity index (χ0) is 16.5. The van der Waals surface area contributed by atoms with Gasteiger partial charge < -0.3 is 0 Å². The highest BCUT2D eigenvalue weighted by molar-refractivity contribution is 7.89. The van der Waals surface area contributed by atoms with Gasteiger partial charge in [0.1, 0.15) is 0 Å². The lowest BCUT2D eigenvalue weighted by Gasteiger charge is -2.27. The SMILES string of the molecule is CC1CCC(NS(=O)(=O)c2ccc(Cl)cc2C(F)(F)F)CC1. The number of hydrogen-bond acceptors (Lipinski definition) is 2. The Kier molecular flexibility index (Phi) is 5.09. The number of hydrogen-bond donors (Lipinski definition) is 1. The van der Waals surface area contributed by atoms with Crippen molar-refractivity contribution in [3.05, 3.63) is 28.8 Å². The van der Waals surface area contributed by atoms with Crippen molar-refractivity contribution in [1.82, 2.24) is 4.72 Å². The van der Waals surface area contributed by atoms with E-state index in [1.54, 1.807) is 0 Å². The second-order valence-electron chi connectivity index (χ2n) is 5.72. The molecule has 0 radical (unpaired) electrons. The zero-order valence-electron chi connectivity index (χ0n) is 12.0. The van der Waals surface area contributed by atoms with Gasteiger partial charge >= 0.3 is 6.18 Å². The standard InChI is InChI=1S/C14H17ClF3NO2S/c1-9-2-5-11(6-3-9)19-22(20,21)13-7-4-10(15)8-12(13)14(16,17)18/h4,7-9,11,19H,2-3,5-6H2,1H3. The average molecular weight is 356 g/mol. The normalized spacial score (nSPS) is 23.5. The van der Waals surface area contributed by atoms with Gasteiger partial charge in [-0.15, -0.1) is 0 Å². The molecule has 8 heteroatoms. The van der Waals surface area contributed by atoms with Crippen molar-refractivity contribution in [2.45, 2.75) is 49.7 Å². The Morgan fingerprint density at radius 2 is 1.77 bits per heavy atom. The van der Waals surface area contributed by atoms with Gasteiger partial charge in [0.15, 0.2) is 0 Å². The minimum Gasteiger partial charge on any atom is -0.208 e. The summed E-state index contributed by atoms with van der Waals surface area (Å²) in [6.07, 6.45) is -1.79. The molecule has 0 spiro atoms. The van der Waals surface area contributed by atoms with Crippen molar-refractivity contribution in [2.75, 3.05) is 0 Å². The van der Waals surface area contributed by atoms with Crippen LogP contribution in [0.15, 0.2) is 23.1 Å². The van der Waals surface area contributed by atoms with E-state index in [0.29, 0.717) is 24.8 Å². The second kappa shape index (κ2) is 6.37. The summed E-state index contributed by atoms with van der Waals surface area (Å²) in [5, 5.41) is -0.155. The fourth-order valence-corrected chi connectivity index (χ4v) is 4.30. The molecule has 0 bridgehead atoms. The smallest absolute Gasteiger partial charge is 0.208 e. The predicted molar refractivity (Wildman–Crippen MR) is 78.2 cm³/mol. The number of alkyl halides is 3. The van der Waals surface area contributed by atoms with Crippen LogP contribution in [-0.4, -0.2) is 14.5 Å². The number of sulfonamides is 1. The first-order valence-electron chi connectivity index (χ1n) is 6.98. The third-order valence-electron chi connectivity index (χ3n) is 3.87. The van der Waals surface area contributed by atoms with Crippen molar-refractivity contribution < 1.29 is 21.6 Å². The maximum absolute atomic E-state index is 13.0. The fraction of sp³-hybridized carbons (Fsp3) is 0.571. The van der Waals surface area contributed by atoms with E-state index in [9.17, 15) is 21.6 Å². The van der Waals surface area contributed by atoms with Crippen LogP contribution in [0.4, 0.5) is 13.2 Å². The lowest BCUT2D eigenvalue weighted by atomic mass is 9.88. The van der Waals surface area contributed by atoms with Crippen LogP contribution in [0.3, 0.4) is 0 Å². The molecule has 0 aliphatic heterocycles. The number of rotatable bonds is 3. The molecule has 0 amide bonds. The van der Waals surface area contributed by atoms with Gasteiger partial charge in [0.25, 0.3) is 0 Å². The van der Waals surface area contributed by atoms with E-state index < -0.39 is 26.7 Å². The Hall–Kier alpha value is -0.790. The van der Waals surface area contributed by atoms with Crippen molar-refractivity contribution in [2.24, 2.45) is 5.92 Å². The van der Waals surface area contributed by atoms with E-state index in [1.807, 2.05) is 0 Å². The molecule has 3 nitrogen and oxygen atoms in total. The highest BCUT2D eigenvalue weighted by Crippen LogP contribution is 2.36. The molecule has 1 aromatic carbocycles. The molecule has 1 aromatic rings. The van der Waals surface area contributed by atoms with E-state index in [4.69, 9.17) is 11.6 Å². The van der Waals surface area contributed by atoms with Gasteiger partial charge in [0.05, 0.1) is 10.5 Å². The van der Waals surface area contributed by atoms with Crippen LogP contribution in [0.5, 0.6) is 0 Å². The van der Waals surface area contributed by atoms with Gasteiger partial charge in [-0.1, -0.05) is 18.5 Å². The van der Waals surface area contributed by atoms with Gasteiger partial charge in [-0.25, -0.2) is 13.1 Å². The molecule has 124 valence electrons. The largest absolute Gasteiger partial charge is 0.417 e. The summed E-state index contributed by atoms with van der Waals surface area (Å²) < 4.78 is 66.1. The number of nitrogens with one attached hydrogen (secondary N) is 1. The highest BCUT2D eigenvalue weighted by Gasteiger charge is 2.38. The van der Waals surface area contributed by atoms with Crippen LogP contribution >= 0.6 is 11.6 Å². The zero-order valence-corrected chi connectivity index (χ0v) is 13.5. The summed E-state index contributed by atoms with van der Waals surface area (Å²) >= 11 is 5.57. The molecule has 0 heterocycles. The molecule has 1 fully saturated rings. The molecule has 2 rings (SSSR count). The van der Waals surface area contributed by atoms with Gasteiger partial charge in [0, 0.05) is 11.1 Å². The first-order chi connectivity index (χ1) is 10.1. The lowest BCUT2D eigenvalue weighted by Crippen LogP contribution is -2.38. The molecule has 1 saturated carbocycles. The van der Waals surface area contributed by atoms with E-state index in [1.165, 1.54) is 0 Å². The maximum Gasteiger partial charge on any atom is 0.417 e. The van der Waals surface area contributed by atoms with Crippen molar-refractivity contribution in [3.63, 3.8) is 0 Å². The summed E-state index contributed by atoms with van der Waals surface area (Å²) in [6.45, 7) is 2.08. The van der Waals surface area contributed by atoms with E-state index in [2.05, 4.69) is 11.6 Å². The quantitative estimate of drug-likeness (QED) is 0.882. The Morgan fingerprint density at radius 1 is 1.18 bits per heavy atom. The van der Waals surface area contributed by atoms with Crippen LogP contribution < -0.4 is 4.72 Å². The van der Waals surface area contributed by atoms with E-state index >= 15 is 0 Å². The Balaban J connectivity index is 2.30.